The standard InChI is InChI=1S/C20H20N2O6S2/c1-26-13-4-7-15(8-5-13)30(24,25)12-19(23)22-20-21-17(11-29-20)16-9-6-14(27-2)10-18(16)28-3/h4-11H,12H2,1-3H3,(H,21,22,23). The molecule has 10 heteroatoms. The fourth-order valence-corrected chi connectivity index (χ4v) is 4.52. The van der Waals surface area contributed by atoms with Crippen molar-refractivity contribution < 1.29 is 27.4 Å². The van der Waals surface area contributed by atoms with Gasteiger partial charge in [-0.25, -0.2) is 13.4 Å². The van der Waals surface area contributed by atoms with Crippen molar-refractivity contribution in [1.29, 1.82) is 0 Å². The Kier molecular flexibility index (Phi) is 6.58. The van der Waals surface area contributed by atoms with Crippen LogP contribution in [0, 0.1) is 0 Å². The molecule has 30 heavy (non-hydrogen) atoms. The molecule has 3 rings (SSSR count). The number of nitrogens with one attached hydrogen (secondary N) is 1. The molecule has 2 aromatic carbocycles. The van der Waals surface area contributed by atoms with Gasteiger partial charge in [-0.2, -0.15) is 0 Å². The van der Waals surface area contributed by atoms with Crippen LogP contribution in [0.1, 0.15) is 0 Å². The fourth-order valence-electron chi connectivity index (χ4n) is 2.66. The maximum Gasteiger partial charge on any atom is 0.241 e. The average molecular weight is 449 g/mol. The van der Waals surface area contributed by atoms with Crippen LogP contribution < -0.4 is 19.5 Å². The molecule has 0 aliphatic carbocycles. The van der Waals surface area contributed by atoms with Gasteiger partial charge in [0.1, 0.15) is 23.0 Å². The van der Waals surface area contributed by atoms with E-state index in [9.17, 15) is 13.2 Å². The van der Waals surface area contributed by atoms with Gasteiger partial charge >= 0.3 is 0 Å². The summed E-state index contributed by atoms with van der Waals surface area (Å²) in [5, 5.41) is 4.58. The summed E-state index contributed by atoms with van der Waals surface area (Å²) < 4.78 is 40.5. The van der Waals surface area contributed by atoms with E-state index in [2.05, 4.69) is 10.3 Å². The number of hydrogen-bond acceptors (Lipinski definition) is 8. The van der Waals surface area contributed by atoms with Gasteiger partial charge in [0.25, 0.3) is 0 Å². The zero-order valence-electron chi connectivity index (χ0n) is 16.5. The Morgan fingerprint density at radius 1 is 1.00 bits per heavy atom. The number of anilines is 1. The highest BCUT2D eigenvalue weighted by Gasteiger charge is 2.21. The molecule has 1 N–H and O–H groups in total. The first-order valence-corrected chi connectivity index (χ1v) is 11.2. The maximum atomic E-state index is 12.5. The van der Waals surface area contributed by atoms with Crippen LogP contribution in [0.15, 0.2) is 52.7 Å². The van der Waals surface area contributed by atoms with Gasteiger partial charge in [0.2, 0.25) is 5.91 Å². The third kappa shape index (κ3) is 4.89. The monoisotopic (exact) mass is 448 g/mol. The van der Waals surface area contributed by atoms with Crippen molar-refractivity contribution in [2.24, 2.45) is 0 Å². The zero-order valence-corrected chi connectivity index (χ0v) is 18.2. The van der Waals surface area contributed by atoms with E-state index in [0.29, 0.717) is 22.9 Å². The highest BCUT2D eigenvalue weighted by atomic mass is 32.2. The lowest BCUT2D eigenvalue weighted by Crippen LogP contribution is -2.22. The summed E-state index contributed by atoms with van der Waals surface area (Å²) in [4.78, 5) is 16.7. The van der Waals surface area contributed by atoms with Gasteiger partial charge in [0.15, 0.2) is 15.0 Å². The molecule has 0 saturated carbocycles. The first-order chi connectivity index (χ1) is 14.4. The number of hydrogen-bond donors (Lipinski definition) is 1. The zero-order chi connectivity index (χ0) is 21.7. The second kappa shape index (κ2) is 9.14. The number of rotatable bonds is 8. The predicted octanol–water partition coefficient (Wildman–Crippen LogP) is 3.25. The van der Waals surface area contributed by atoms with Gasteiger partial charge in [-0.15, -0.1) is 11.3 Å². The lowest BCUT2D eigenvalue weighted by Gasteiger charge is -2.08. The number of amides is 1. The van der Waals surface area contributed by atoms with Gasteiger partial charge in [-0.05, 0) is 36.4 Å². The van der Waals surface area contributed by atoms with Crippen LogP contribution in [0.4, 0.5) is 5.13 Å². The predicted molar refractivity (Wildman–Crippen MR) is 114 cm³/mol. The van der Waals surface area contributed by atoms with Crippen LogP contribution in [-0.2, 0) is 14.6 Å². The van der Waals surface area contributed by atoms with E-state index in [-0.39, 0.29) is 10.0 Å². The van der Waals surface area contributed by atoms with Crippen LogP contribution in [0.2, 0.25) is 0 Å². The molecule has 0 bridgehead atoms. The Bertz CT molecular complexity index is 1140. The molecule has 0 spiro atoms. The largest absolute Gasteiger partial charge is 0.497 e. The number of benzene rings is 2. The van der Waals surface area contributed by atoms with E-state index in [4.69, 9.17) is 14.2 Å². The molecule has 3 aromatic rings. The number of aromatic nitrogens is 1. The molecule has 0 aliphatic rings. The van der Waals surface area contributed by atoms with Gasteiger partial charge in [0, 0.05) is 17.0 Å². The van der Waals surface area contributed by atoms with E-state index in [1.165, 1.54) is 49.8 Å². The van der Waals surface area contributed by atoms with E-state index >= 15 is 0 Å². The lowest BCUT2D eigenvalue weighted by molar-refractivity contribution is -0.113. The minimum atomic E-state index is -3.79. The highest BCUT2D eigenvalue weighted by molar-refractivity contribution is 7.92. The third-order valence-electron chi connectivity index (χ3n) is 4.17. The molecular weight excluding hydrogens is 428 g/mol. The molecule has 0 saturated heterocycles. The summed E-state index contributed by atoms with van der Waals surface area (Å²) in [6.07, 6.45) is 0. The van der Waals surface area contributed by atoms with Crippen LogP contribution in [0.3, 0.4) is 0 Å². The van der Waals surface area contributed by atoms with Gasteiger partial charge in [-0.1, -0.05) is 0 Å². The number of nitrogens with zero attached hydrogens (tertiary/aromatic N) is 1. The Hall–Kier alpha value is -3.11. The topological polar surface area (TPSA) is 104 Å². The molecule has 0 atom stereocenters. The van der Waals surface area contributed by atoms with Crippen molar-refractivity contribution >= 4 is 32.2 Å². The second-order valence-corrected chi connectivity index (χ2v) is 8.93. The van der Waals surface area contributed by atoms with Gasteiger partial charge in [-0.3, -0.25) is 4.79 Å². The van der Waals surface area contributed by atoms with E-state index in [0.717, 1.165) is 5.56 Å². The molecule has 158 valence electrons. The molecule has 1 amide bonds. The maximum absolute atomic E-state index is 12.5. The molecular formula is C20H20N2O6S2. The molecule has 8 nitrogen and oxygen atoms in total. The molecule has 1 aromatic heterocycles. The number of carbonyl (C=O) groups is 1. The van der Waals surface area contributed by atoms with E-state index in [1.54, 1.807) is 30.7 Å². The van der Waals surface area contributed by atoms with Crippen LogP contribution in [0.5, 0.6) is 17.2 Å². The van der Waals surface area contributed by atoms with Gasteiger partial charge in [0.05, 0.1) is 31.9 Å². The summed E-state index contributed by atoms with van der Waals surface area (Å²) in [5.74, 6) is 0.374. The second-order valence-electron chi connectivity index (χ2n) is 6.09. The molecule has 0 fully saturated rings. The van der Waals surface area contributed by atoms with Crippen LogP contribution >= 0.6 is 11.3 Å². The minimum absolute atomic E-state index is 0.0428. The highest BCUT2D eigenvalue weighted by Crippen LogP contribution is 2.34. The fraction of sp³-hybridized carbons (Fsp3) is 0.200. The lowest BCUT2D eigenvalue weighted by atomic mass is 10.1. The van der Waals surface area contributed by atoms with E-state index in [1.807, 2.05) is 0 Å². The summed E-state index contributed by atoms with van der Waals surface area (Å²) in [6.45, 7) is 0. The van der Waals surface area contributed by atoms with Crippen molar-refractivity contribution in [3.8, 4) is 28.5 Å². The number of thiazole rings is 1. The van der Waals surface area contributed by atoms with Crippen LogP contribution in [0.25, 0.3) is 11.3 Å². The van der Waals surface area contributed by atoms with Crippen molar-refractivity contribution in [3.63, 3.8) is 0 Å². The molecule has 1 heterocycles. The average Bonchev–Trinajstić information content (AvgIpc) is 3.20. The Morgan fingerprint density at radius 3 is 2.30 bits per heavy atom. The van der Waals surface area contributed by atoms with Gasteiger partial charge < -0.3 is 19.5 Å². The summed E-state index contributed by atoms with van der Waals surface area (Å²) in [5.41, 5.74) is 1.31. The minimum Gasteiger partial charge on any atom is -0.497 e. The first kappa shape index (κ1) is 21.6. The number of sulfone groups is 1. The first-order valence-electron chi connectivity index (χ1n) is 8.71. The number of carbonyl (C=O) groups excluding carboxylic acids is 1. The molecule has 0 aliphatic heterocycles. The number of ether oxygens (including phenoxy) is 3. The summed E-state index contributed by atoms with van der Waals surface area (Å²) in [6, 6.07) is 11.2. The third-order valence-corrected chi connectivity index (χ3v) is 6.57. The summed E-state index contributed by atoms with van der Waals surface area (Å²) in [7, 11) is 0.793. The Labute approximate surface area is 178 Å². The smallest absolute Gasteiger partial charge is 0.241 e. The molecule has 0 unspecified atom stereocenters. The normalized spacial score (nSPS) is 11.0. The van der Waals surface area contributed by atoms with Crippen molar-refractivity contribution in [2.45, 2.75) is 4.90 Å². The quantitative estimate of drug-likeness (QED) is 0.564. The Balaban J connectivity index is 1.72. The SMILES string of the molecule is COc1ccc(S(=O)(=O)CC(=O)Nc2nc(-c3ccc(OC)cc3OC)cs2)cc1. The van der Waals surface area contributed by atoms with Crippen molar-refractivity contribution in [2.75, 3.05) is 32.4 Å². The molecule has 0 radical (unpaired) electrons. The van der Waals surface area contributed by atoms with Crippen molar-refractivity contribution in [1.82, 2.24) is 4.98 Å². The van der Waals surface area contributed by atoms with Crippen molar-refractivity contribution in [3.05, 3.63) is 47.8 Å². The summed E-state index contributed by atoms with van der Waals surface area (Å²) >= 11 is 1.19. The van der Waals surface area contributed by atoms with E-state index < -0.39 is 21.5 Å². The Morgan fingerprint density at radius 2 is 1.67 bits per heavy atom. The number of methoxy groups -OCH3 is 3. The van der Waals surface area contributed by atoms with Crippen LogP contribution in [-0.4, -0.2) is 46.4 Å².